The molecule has 0 fully saturated rings. The summed E-state index contributed by atoms with van der Waals surface area (Å²) in [5.41, 5.74) is 7.94. The SMILES string of the molecule is COC(=O)CC(N)C(=O)c1cc(C)cc(C)c1OC. The molecule has 104 valence electrons. The summed E-state index contributed by atoms with van der Waals surface area (Å²) >= 11 is 0. The van der Waals surface area contributed by atoms with Crippen molar-refractivity contribution in [2.24, 2.45) is 5.73 Å². The average Bonchev–Trinajstić information content (AvgIpc) is 2.36. The molecular weight excluding hydrogens is 246 g/mol. The molecular formula is C14H19NO4. The molecule has 0 aliphatic rings. The van der Waals surface area contributed by atoms with Crippen LogP contribution in [0.15, 0.2) is 12.1 Å². The highest BCUT2D eigenvalue weighted by Gasteiger charge is 2.23. The van der Waals surface area contributed by atoms with Gasteiger partial charge in [0, 0.05) is 0 Å². The average molecular weight is 265 g/mol. The van der Waals surface area contributed by atoms with Gasteiger partial charge in [0.2, 0.25) is 0 Å². The van der Waals surface area contributed by atoms with Gasteiger partial charge in [-0.2, -0.15) is 0 Å². The number of ether oxygens (including phenoxy) is 2. The van der Waals surface area contributed by atoms with E-state index >= 15 is 0 Å². The smallest absolute Gasteiger partial charge is 0.307 e. The maximum absolute atomic E-state index is 12.3. The lowest BCUT2D eigenvalue weighted by Gasteiger charge is -2.15. The van der Waals surface area contributed by atoms with Gasteiger partial charge in [-0.1, -0.05) is 6.07 Å². The minimum Gasteiger partial charge on any atom is -0.496 e. The molecule has 1 atom stereocenters. The van der Waals surface area contributed by atoms with Crippen molar-refractivity contribution < 1.29 is 19.1 Å². The summed E-state index contributed by atoms with van der Waals surface area (Å²) < 4.78 is 9.75. The van der Waals surface area contributed by atoms with E-state index in [2.05, 4.69) is 4.74 Å². The third-order valence-corrected chi connectivity index (χ3v) is 2.84. The number of esters is 1. The Morgan fingerprint density at radius 2 is 1.89 bits per heavy atom. The van der Waals surface area contributed by atoms with Gasteiger partial charge in [-0.3, -0.25) is 9.59 Å². The molecule has 0 aromatic heterocycles. The molecule has 0 amide bonds. The Bertz CT molecular complexity index is 496. The summed E-state index contributed by atoms with van der Waals surface area (Å²) in [5.74, 6) is -0.339. The lowest BCUT2D eigenvalue weighted by Crippen LogP contribution is -2.33. The second-order valence-electron chi connectivity index (χ2n) is 4.41. The first-order valence-electron chi connectivity index (χ1n) is 5.92. The molecule has 19 heavy (non-hydrogen) atoms. The van der Waals surface area contributed by atoms with Crippen molar-refractivity contribution >= 4 is 11.8 Å². The van der Waals surface area contributed by atoms with Gasteiger partial charge in [-0.05, 0) is 31.0 Å². The lowest BCUT2D eigenvalue weighted by molar-refractivity contribution is -0.140. The maximum atomic E-state index is 12.3. The molecule has 0 saturated heterocycles. The number of benzene rings is 1. The van der Waals surface area contributed by atoms with E-state index < -0.39 is 12.0 Å². The topological polar surface area (TPSA) is 78.6 Å². The highest BCUT2D eigenvalue weighted by atomic mass is 16.5. The number of hydrogen-bond acceptors (Lipinski definition) is 5. The number of carbonyl (C=O) groups excluding carboxylic acids is 2. The first kappa shape index (κ1) is 15.2. The molecule has 5 heteroatoms. The molecule has 0 saturated carbocycles. The molecule has 0 heterocycles. The van der Waals surface area contributed by atoms with Gasteiger partial charge in [0.05, 0.1) is 32.2 Å². The summed E-state index contributed by atoms with van der Waals surface area (Å²) in [7, 11) is 2.76. The van der Waals surface area contributed by atoms with Gasteiger partial charge in [-0.15, -0.1) is 0 Å². The molecule has 0 aliphatic heterocycles. The van der Waals surface area contributed by atoms with Crippen LogP contribution in [0.3, 0.4) is 0 Å². The Morgan fingerprint density at radius 3 is 2.42 bits per heavy atom. The van der Waals surface area contributed by atoms with Crippen molar-refractivity contribution in [3.63, 3.8) is 0 Å². The Kier molecular flexibility index (Phi) is 5.06. The molecule has 1 unspecified atom stereocenters. The van der Waals surface area contributed by atoms with Crippen LogP contribution in [0.25, 0.3) is 0 Å². The number of carbonyl (C=O) groups is 2. The van der Waals surface area contributed by atoms with E-state index in [0.717, 1.165) is 11.1 Å². The summed E-state index contributed by atoms with van der Waals surface area (Å²) in [5, 5.41) is 0. The summed E-state index contributed by atoms with van der Waals surface area (Å²) in [6.07, 6.45) is -0.147. The molecule has 0 bridgehead atoms. The normalized spacial score (nSPS) is 11.8. The second-order valence-corrected chi connectivity index (χ2v) is 4.41. The van der Waals surface area contributed by atoms with Crippen LogP contribution in [0.2, 0.25) is 0 Å². The van der Waals surface area contributed by atoms with E-state index in [1.807, 2.05) is 19.9 Å². The van der Waals surface area contributed by atoms with Crippen molar-refractivity contribution in [1.29, 1.82) is 0 Å². The zero-order valence-electron chi connectivity index (χ0n) is 11.6. The number of methoxy groups -OCH3 is 2. The molecule has 5 nitrogen and oxygen atoms in total. The monoisotopic (exact) mass is 265 g/mol. The van der Waals surface area contributed by atoms with Gasteiger partial charge >= 0.3 is 5.97 Å². The standard InChI is InChI=1S/C14H19NO4/c1-8-5-9(2)14(19-4)10(6-8)13(17)11(15)7-12(16)18-3/h5-6,11H,7,15H2,1-4H3. The Hall–Kier alpha value is -1.88. The summed E-state index contributed by atoms with van der Waals surface area (Å²) in [6, 6.07) is 2.70. The number of hydrogen-bond donors (Lipinski definition) is 1. The fourth-order valence-electron chi connectivity index (χ4n) is 1.96. The van der Waals surface area contributed by atoms with Crippen molar-refractivity contribution in [3.05, 3.63) is 28.8 Å². The number of Topliss-reactive ketones (excluding diaryl/α,β-unsaturated/α-hetero) is 1. The largest absolute Gasteiger partial charge is 0.496 e. The third-order valence-electron chi connectivity index (χ3n) is 2.84. The van der Waals surface area contributed by atoms with Gasteiger partial charge < -0.3 is 15.2 Å². The number of rotatable bonds is 5. The van der Waals surface area contributed by atoms with Crippen LogP contribution >= 0.6 is 0 Å². The highest BCUT2D eigenvalue weighted by Crippen LogP contribution is 2.26. The van der Waals surface area contributed by atoms with E-state index in [-0.39, 0.29) is 12.2 Å². The van der Waals surface area contributed by atoms with E-state index in [0.29, 0.717) is 11.3 Å². The summed E-state index contributed by atoms with van der Waals surface area (Å²) in [4.78, 5) is 23.4. The zero-order chi connectivity index (χ0) is 14.6. The number of ketones is 1. The third kappa shape index (κ3) is 3.54. The van der Waals surface area contributed by atoms with Crippen molar-refractivity contribution in [2.75, 3.05) is 14.2 Å². The van der Waals surface area contributed by atoms with Crippen molar-refractivity contribution in [2.45, 2.75) is 26.3 Å². The lowest BCUT2D eigenvalue weighted by atomic mass is 9.97. The quantitative estimate of drug-likeness (QED) is 0.643. The van der Waals surface area contributed by atoms with Crippen LogP contribution in [0.4, 0.5) is 0 Å². The van der Waals surface area contributed by atoms with Crippen LogP contribution in [-0.4, -0.2) is 32.0 Å². The van der Waals surface area contributed by atoms with Crippen molar-refractivity contribution in [1.82, 2.24) is 0 Å². The van der Waals surface area contributed by atoms with Crippen LogP contribution in [-0.2, 0) is 9.53 Å². The highest BCUT2D eigenvalue weighted by molar-refractivity contribution is 6.04. The molecule has 0 radical (unpaired) electrons. The van der Waals surface area contributed by atoms with Crippen LogP contribution < -0.4 is 10.5 Å². The Morgan fingerprint density at radius 1 is 1.26 bits per heavy atom. The molecule has 1 aromatic rings. The maximum Gasteiger partial charge on any atom is 0.307 e. The van der Waals surface area contributed by atoms with E-state index in [9.17, 15) is 9.59 Å². The second kappa shape index (κ2) is 6.33. The van der Waals surface area contributed by atoms with Crippen LogP contribution in [0.5, 0.6) is 5.75 Å². The first-order chi connectivity index (χ1) is 8.90. The van der Waals surface area contributed by atoms with Gasteiger partial charge in [0.1, 0.15) is 5.75 Å². The Labute approximate surface area is 112 Å². The zero-order valence-corrected chi connectivity index (χ0v) is 11.6. The number of aryl methyl sites for hydroxylation is 2. The first-order valence-corrected chi connectivity index (χ1v) is 5.92. The summed E-state index contributed by atoms with van der Waals surface area (Å²) in [6.45, 7) is 3.74. The predicted octanol–water partition coefficient (Wildman–Crippen LogP) is 1.39. The minimum absolute atomic E-state index is 0.147. The van der Waals surface area contributed by atoms with E-state index in [4.69, 9.17) is 10.5 Å². The molecule has 0 spiro atoms. The molecule has 1 aromatic carbocycles. The van der Waals surface area contributed by atoms with Crippen molar-refractivity contribution in [3.8, 4) is 5.75 Å². The molecule has 1 rings (SSSR count). The molecule has 2 N–H and O–H groups in total. The van der Waals surface area contributed by atoms with E-state index in [1.54, 1.807) is 6.07 Å². The minimum atomic E-state index is -0.928. The fourth-order valence-corrected chi connectivity index (χ4v) is 1.96. The van der Waals surface area contributed by atoms with E-state index in [1.165, 1.54) is 14.2 Å². The van der Waals surface area contributed by atoms with Gasteiger partial charge in [0.25, 0.3) is 0 Å². The number of nitrogens with two attached hydrogens (primary N) is 1. The van der Waals surface area contributed by atoms with Crippen LogP contribution in [0, 0.1) is 13.8 Å². The Balaban J connectivity index is 3.08. The predicted molar refractivity (Wildman–Crippen MR) is 71.4 cm³/mol. The van der Waals surface area contributed by atoms with Gasteiger partial charge in [-0.25, -0.2) is 0 Å². The molecule has 0 aliphatic carbocycles. The van der Waals surface area contributed by atoms with Crippen LogP contribution in [0.1, 0.15) is 27.9 Å². The van der Waals surface area contributed by atoms with Gasteiger partial charge in [0.15, 0.2) is 5.78 Å². The fraction of sp³-hybridized carbons (Fsp3) is 0.429.